The Balaban J connectivity index is 1.42. The predicted octanol–water partition coefficient (Wildman–Crippen LogP) is 11.3. The van der Waals surface area contributed by atoms with Crippen molar-refractivity contribution < 1.29 is 48.3 Å². The molecule has 2 aromatic carbocycles. The third kappa shape index (κ3) is 12.9. The fourth-order valence-electron chi connectivity index (χ4n) is 10.5. The summed E-state index contributed by atoms with van der Waals surface area (Å²) >= 11 is 0. The van der Waals surface area contributed by atoms with Crippen LogP contribution in [-0.4, -0.2) is 83.2 Å². The van der Waals surface area contributed by atoms with Gasteiger partial charge in [0.05, 0.1) is 31.5 Å². The van der Waals surface area contributed by atoms with Crippen LogP contribution in [0.25, 0.3) is 0 Å². The maximum Gasteiger partial charge on any atom is 0.410 e. The van der Waals surface area contributed by atoms with Gasteiger partial charge in [-0.25, -0.2) is 9.18 Å². The van der Waals surface area contributed by atoms with Crippen LogP contribution in [0.5, 0.6) is 11.5 Å². The topological polar surface area (TPSA) is 140 Å². The van der Waals surface area contributed by atoms with Crippen LogP contribution in [0.4, 0.5) is 9.18 Å². The second kappa shape index (κ2) is 25.7. The second-order valence-corrected chi connectivity index (χ2v) is 18.2. The zero-order valence-electron chi connectivity index (χ0n) is 38.3. The zero-order valence-corrected chi connectivity index (χ0v) is 38.3. The molecule has 1 saturated heterocycles. The standard InChI is InChI=1S/C52H75FN2O9/c1-3-5-6-7-8-9-10-11-12-18-33-61-51(59)55(37-38-23-25-40(53)26-24-38)47-36-45(54-64-48-22-15-19-32-60-48)43-34-39(20-13-16-29-56)42(21-14-17-30-57)49-44-35-41(58)27-28-46(44)63-52(47,50(43)49)62-31-4-2/h4,23-28,34-35,39,42,47-50,56-58H,2-3,5-22,29-33,36-37H2,1H3. The fraction of sp³-hybridized carbons (Fsp3) is 0.654. The van der Waals surface area contributed by atoms with Crippen molar-refractivity contribution in [3.05, 3.63) is 83.7 Å². The number of carbonyl (C=O) groups is 1. The van der Waals surface area contributed by atoms with Crippen LogP contribution in [-0.2, 0) is 25.6 Å². The number of benzene rings is 2. The van der Waals surface area contributed by atoms with Crippen molar-refractivity contribution in [1.29, 1.82) is 0 Å². The minimum Gasteiger partial charge on any atom is -0.508 e. The number of aromatic hydroxyl groups is 1. The van der Waals surface area contributed by atoms with E-state index in [9.17, 15) is 24.5 Å². The average Bonchev–Trinajstić information content (AvgIpc) is 3.30. The van der Waals surface area contributed by atoms with Gasteiger partial charge in [0.1, 0.15) is 23.4 Å². The number of hydrogen-bond acceptors (Lipinski definition) is 10. The molecule has 64 heavy (non-hydrogen) atoms. The first kappa shape index (κ1) is 49.5. The molecule has 2 aromatic rings. The maximum absolute atomic E-state index is 14.9. The summed E-state index contributed by atoms with van der Waals surface area (Å²) in [6.07, 6.45) is 21.7. The second-order valence-electron chi connectivity index (χ2n) is 18.2. The molecular formula is C52H75FN2O9. The van der Waals surface area contributed by atoms with E-state index in [1.165, 1.54) is 50.7 Å². The number of allylic oxidation sites excluding steroid dienone is 1. The van der Waals surface area contributed by atoms with E-state index in [0.29, 0.717) is 42.9 Å². The number of unbranched alkanes of at least 4 members (excludes halogenated alkanes) is 11. The summed E-state index contributed by atoms with van der Waals surface area (Å²) in [6.45, 7) is 7.43. The Morgan fingerprint density at radius 1 is 0.938 bits per heavy atom. The van der Waals surface area contributed by atoms with Crippen LogP contribution < -0.4 is 4.74 Å². The Labute approximate surface area is 381 Å². The number of phenolic OH excluding ortho intramolecular Hbond substituents is 1. The molecule has 7 unspecified atom stereocenters. The summed E-state index contributed by atoms with van der Waals surface area (Å²) in [7, 11) is 0. The number of hydrogen-bond donors (Lipinski definition) is 3. The molecule has 6 rings (SSSR count). The van der Waals surface area contributed by atoms with Gasteiger partial charge in [0, 0.05) is 44.1 Å². The molecule has 12 heteroatoms. The minimum atomic E-state index is -1.50. The molecule has 2 aliphatic heterocycles. The quantitative estimate of drug-likeness (QED) is 0.0454. The van der Waals surface area contributed by atoms with Gasteiger partial charge >= 0.3 is 6.09 Å². The fourth-order valence-corrected chi connectivity index (χ4v) is 10.5. The number of oxime groups is 1. The highest BCUT2D eigenvalue weighted by atomic mass is 19.1. The summed E-state index contributed by atoms with van der Waals surface area (Å²) in [4.78, 5) is 22.8. The molecule has 0 radical (unpaired) electrons. The van der Waals surface area contributed by atoms with Crippen molar-refractivity contribution in [2.45, 2.75) is 166 Å². The Kier molecular flexibility index (Phi) is 19.8. The number of nitrogens with zero attached hydrogens (tertiary/aromatic N) is 2. The van der Waals surface area contributed by atoms with E-state index < -0.39 is 30.1 Å². The van der Waals surface area contributed by atoms with E-state index in [1.807, 2.05) is 0 Å². The van der Waals surface area contributed by atoms with Crippen molar-refractivity contribution in [3.63, 3.8) is 0 Å². The van der Waals surface area contributed by atoms with Crippen LogP contribution in [0.15, 0.2) is 71.9 Å². The highest BCUT2D eigenvalue weighted by molar-refractivity contribution is 6.03. The average molecular weight is 891 g/mol. The molecule has 11 nitrogen and oxygen atoms in total. The first-order valence-electron chi connectivity index (χ1n) is 24.6. The number of amides is 1. The smallest absolute Gasteiger partial charge is 0.410 e. The van der Waals surface area contributed by atoms with Crippen molar-refractivity contribution in [1.82, 2.24) is 4.90 Å². The van der Waals surface area contributed by atoms with Gasteiger partial charge in [-0.1, -0.05) is 107 Å². The van der Waals surface area contributed by atoms with Crippen molar-refractivity contribution in [2.24, 2.45) is 22.9 Å². The Hall–Kier alpha value is -3.97. The van der Waals surface area contributed by atoms with Crippen LogP contribution >= 0.6 is 0 Å². The molecule has 7 atom stereocenters. The van der Waals surface area contributed by atoms with E-state index >= 15 is 0 Å². The van der Waals surface area contributed by atoms with Gasteiger partial charge in [0.25, 0.3) is 0 Å². The normalized spacial score (nSPS) is 25.4. The number of phenols is 1. The Morgan fingerprint density at radius 2 is 1.66 bits per heavy atom. The number of halogens is 1. The Morgan fingerprint density at radius 3 is 2.34 bits per heavy atom. The molecule has 354 valence electrons. The van der Waals surface area contributed by atoms with Crippen molar-refractivity contribution in [3.8, 4) is 11.5 Å². The highest BCUT2D eigenvalue weighted by Gasteiger charge is 2.65. The van der Waals surface area contributed by atoms with Crippen molar-refractivity contribution in [2.75, 3.05) is 33.0 Å². The first-order chi connectivity index (χ1) is 31.3. The predicted molar refractivity (Wildman–Crippen MR) is 246 cm³/mol. The van der Waals surface area contributed by atoms with Gasteiger partial charge in [-0.15, -0.1) is 6.58 Å². The van der Waals surface area contributed by atoms with E-state index in [2.05, 4.69) is 19.6 Å². The lowest BCUT2D eigenvalue weighted by Gasteiger charge is -2.59. The lowest BCUT2D eigenvalue weighted by Crippen LogP contribution is -2.70. The van der Waals surface area contributed by atoms with Gasteiger partial charge in [0.2, 0.25) is 12.1 Å². The van der Waals surface area contributed by atoms with E-state index in [1.54, 1.807) is 41.3 Å². The largest absolute Gasteiger partial charge is 0.508 e. The third-order valence-electron chi connectivity index (χ3n) is 13.7. The summed E-state index contributed by atoms with van der Waals surface area (Å²) in [5, 5.41) is 35.8. The SMILES string of the molecule is C=CCOC12Oc3ccc(O)cc3C3C(CCCCO)C(CCCCO)C=C(C(=NOC4CCCCO4)CC1N(Cc1ccc(F)cc1)C(=O)OCCCCCCCCCCCC)C32. The number of carbonyl (C=O) groups excluding carboxylic acids is 1. The molecule has 2 fully saturated rings. The zero-order chi connectivity index (χ0) is 45.2. The molecule has 1 saturated carbocycles. The molecule has 0 aromatic heterocycles. The van der Waals surface area contributed by atoms with Crippen LogP contribution in [0.2, 0.25) is 0 Å². The summed E-state index contributed by atoms with van der Waals surface area (Å²) in [6, 6.07) is 10.5. The highest BCUT2D eigenvalue weighted by Crippen LogP contribution is 2.62. The van der Waals surface area contributed by atoms with Gasteiger partial charge in [0.15, 0.2) is 0 Å². The van der Waals surface area contributed by atoms with E-state index in [-0.39, 0.29) is 68.7 Å². The van der Waals surface area contributed by atoms with Crippen LogP contribution in [0, 0.1) is 23.6 Å². The number of aliphatic hydroxyl groups excluding tert-OH is 2. The first-order valence-corrected chi connectivity index (χ1v) is 24.6. The molecular weight excluding hydrogens is 816 g/mol. The number of aliphatic hydroxyl groups is 2. The summed E-state index contributed by atoms with van der Waals surface area (Å²) in [5.74, 6) is -2.01. The Bertz CT molecular complexity index is 1800. The molecule has 4 aliphatic rings. The minimum absolute atomic E-state index is 0.00610. The molecule has 3 N–H and O–H groups in total. The van der Waals surface area contributed by atoms with E-state index in [4.69, 9.17) is 28.9 Å². The lowest BCUT2D eigenvalue weighted by molar-refractivity contribution is -0.256. The van der Waals surface area contributed by atoms with Gasteiger partial charge in [-0.2, -0.15) is 0 Å². The van der Waals surface area contributed by atoms with Gasteiger partial charge in [-0.3, -0.25) is 4.90 Å². The summed E-state index contributed by atoms with van der Waals surface area (Å²) in [5.41, 5.74) is 3.07. The van der Waals surface area contributed by atoms with E-state index in [0.717, 1.165) is 75.3 Å². The molecule has 0 bridgehead atoms. The summed E-state index contributed by atoms with van der Waals surface area (Å²) < 4.78 is 40.8. The molecule has 2 heterocycles. The number of ether oxygens (including phenoxy) is 4. The number of rotatable bonds is 27. The van der Waals surface area contributed by atoms with Crippen LogP contribution in [0.1, 0.15) is 152 Å². The van der Waals surface area contributed by atoms with Gasteiger partial charge in [-0.05, 0) is 98.2 Å². The third-order valence-corrected chi connectivity index (χ3v) is 13.7. The monoisotopic (exact) mass is 891 g/mol. The number of fused-ring (bicyclic) bond motifs is 2. The maximum atomic E-state index is 14.9. The molecule has 0 spiro atoms. The molecule has 1 amide bonds. The van der Waals surface area contributed by atoms with Crippen molar-refractivity contribution >= 4 is 11.8 Å². The molecule has 2 aliphatic carbocycles. The lowest BCUT2D eigenvalue weighted by atomic mass is 9.55. The van der Waals surface area contributed by atoms with Gasteiger partial charge < -0.3 is 39.1 Å². The van der Waals surface area contributed by atoms with Crippen LogP contribution in [0.3, 0.4) is 0 Å².